The average Bonchev–Trinajstić information content (AvgIpc) is 2.73. The average molecular weight is 220 g/mol. The fraction of sp³-hybridized carbons (Fsp3) is 0.333. The zero-order valence-corrected chi connectivity index (χ0v) is 9.08. The summed E-state index contributed by atoms with van der Waals surface area (Å²) in [6, 6.07) is 0. The van der Waals surface area contributed by atoms with E-state index in [1.807, 2.05) is 0 Å². The predicted molar refractivity (Wildman–Crippen MR) is 58.0 cm³/mol. The third-order valence-corrected chi connectivity index (χ3v) is 2.12. The number of carbonyl (C=O) groups excluding carboxylic acids is 1. The Bertz CT molecular complexity index is 505. The van der Waals surface area contributed by atoms with Crippen LogP contribution in [0.1, 0.15) is 0 Å². The van der Waals surface area contributed by atoms with Crippen LogP contribution in [-0.2, 0) is 4.79 Å². The van der Waals surface area contributed by atoms with Gasteiger partial charge < -0.3 is 10.2 Å². The van der Waals surface area contributed by atoms with Gasteiger partial charge in [0.15, 0.2) is 5.82 Å². The Balaban J connectivity index is 2.15. The van der Waals surface area contributed by atoms with Gasteiger partial charge in [0.05, 0.1) is 6.54 Å². The molecule has 0 fully saturated rings. The first kappa shape index (κ1) is 10.3. The van der Waals surface area contributed by atoms with E-state index in [9.17, 15) is 4.79 Å². The third-order valence-electron chi connectivity index (χ3n) is 2.12. The quantitative estimate of drug-likeness (QED) is 0.763. The normalized spacial score (nSPS) is 10.4. The molecule has 0 aliphatic carbocycles. The lowest BCUT2D eigenvalue weighted by Gasteiger charge is -2.11. The maximum absolute atomic E-state index is 11.4. The van der Waals surface area contributed by atoms with Crippen molar-refractivity contribution in [2.45, 2.75) is 0 Å². The van der Waals surface area contributed by atoms with Crippen LogP contribution in [0.25, 0.3) is 5.65 Å². The van der Waals surface area contributed by atoms with Gasteiger partial charge in [-0.15, -0.1) is 10.2 Å². The van der Waals surface area contributed by atoms with E-state index in [1.165, 1.54) is 4.90 Å². The summed E-state index contributed by atoms with van der Waals surface area (Å²) in [5.74, 6) is 0.526. The monoisotopic (exact) mass is 220 g/mol. The minimum Gasteiger partial charge on any atom is -0.358 e. The molecule has 2 heterocycles. The molecule has 1 amide bonds. The molecule has 0 spiro atoms. The van der Waals surface area contributed by atoms with E-state index in [1.54, 1.807) is 37.2 Å². The van der Waals surface area contributed by atoms with E-state index >= 15 is 0 Å². The number of likely N-dealkylation sites (N-methyl/N-ethyl adjacent to an activating group) is 1. The summed E-state index contributed by atoms with van der Waals surface area (Å²) >= 11 is 0. The third kappa shape index (κ3) is 1.92. The van der Waals surface area contributed by atoms with Crippen LogP contribution in [-0.4, -0.2) is 51.0 Å². The molecule has 0 aliphatic heterocycles. The zero-order chi connectivity index (χ0) is 11.5. The van der Waals surface area contributed by atoms with Gasteiger partial charge in [0.1, 0.15) is 6.33 Å². The molecule has 0 aliphatic rings. The van der Waals surface area contributed by atoms with Gasteiger partial charge >= 0.3 is 0 Å². The van der Waals surface area contributed by atoms with Gasteiger partial charge in [-0.25, -0.2) is 4.98 Å². The summed E-state index contributed by atoms with van der Waals surface area (Å²) in [5, 5.41) is 10.6. The van der Waals surface area contributed by atoms with E-state index in [2.05, 4.69) is 20.5 Å². The largest absolute Gasteiger partial charge is 0.358 e. The number of anilines is 1. The van der Waals surface area contributed by atoms with Gasteiger partial charge in [0.25, 0.3) is 0 Å². The Hall–Kier alpha value is -2.18. The van der Waals surface area contributed by atoms with E-state index in [-0.39, 0.29) is 12.5 Å². The highest BCUT2D eigenvalue weighted by Crippen LogP contribution is 2.08. The second kappa shape index (κ2) is 4.13. The molecular weight excluding hydrogens is 208 g/mol. The van der Waals surface area contributed by atoms with Crippen LogP contribution in [0.2, 0.25) is 0 Å². The van der Waals surface area contributed by atoms with Crippen LogP contribution in [0.4, 0.5) is 5.82 Å². The highest BCUT2D eigenvalue weighted by molar-refractivity contribution is 5.81. The Labute approximate surface area is 92.1 Å². The number of nitrogens with one attached hydrogen (secondary N) is 1. The lowest BCUT2D eigenvalue weighted by Crippen LogP contribution is -2.28. The number of nitrogens with zero attached hydrogens (tertiary/aromatic N) is 5. The van der Waals surface area contributed by atoms with Gasteiger partial charge in [-0.05, 0) is 0 Å². The molecule has 0 saturated carbocycles. The van der Waals surface area contributed by atoms with Crippen molar-refractivity contribution in [3.63, 3.8) is 0 Å². The van der Waals surface area contributed by atoms with E-state index < -0.39 is 0 Å². The van der Waals surface area contributed by atoms with Crippen LogP contribution in [0.15, 0.2) is 18.7 Å². The summed E-state index contributed by atoms with van der Waals surface area (Å²) < 4.78 is 1.73. The van der Waals surface area contributed by atoms with Gasteiger partial charge in [-0.2, -0.15) is 0 Å². The van der Waals surface area contributed by atoms with Crippen molar-refractivity contribution < 1.29 is 4.79 Å². The molecule has 0 atom stereocenters. The second-order valence-electron chi connectivity index (χ2n) is 3.48. The standard InChI is InChI=1S/C9H12N6O/c1-14(2)7(16)5-11-8-9-13-12-6-15(9)4-3-10-8/h3-4,6H,5H2,1-2H3,(H,10,11). The number of fused-ring (bicyclic) bond motifs is 1. The summed E-state index contributed by atoms with van der Waals surface area (Å²) in [4.78, 5) is 17.0. The number of rotatable bonds is 3. The molecule has 7 heteroatoms. The lowest BCUT2D eigenvalue weighted by molar-refractivity contribution is -0.126. The maximum atomic E-state index is 11.4. The summed E-state index contributed by atoms with van der Waals surface area (Å²) in [7, 11) is 3.41. The maximum Gasteiger partial charge on any atom is 0.241 e. The molecule has 0 bridgehead atoms. The summed E-state index contributed by atoms with van der Waals surface area (Å²) in [5.41, 5.74) is 0.606. The SMILES string of the molecule is CN(C)C(=O)CNc1nccn2cnnc12. The minimum absolute atomic E-state index is 0.0247. The number of hydrogen-bond donors (Lipinski definition) is 1. The Kier molecular flexibility index (Phi) is 2.67. The van der Waals surface area contributed by atoms with Crippen molar-refractivity contribution in [1.29, 1.82) is 0 Å². The smallest absolute Gasteiger partial charge is 0.241 e. The van der Waals surface area contributed by atoms with Crippen molar-refractivity contribution in [2.24, 2.45) is 0 Å². The molecule has 1 N–H and O–H groups in total. The number of amides is 1. The topological polar surface area (TPSA) is 75.4 Å². The van der Waals surface area contributed by atoms with Crippen LogP contribution >= 0.6 is 0 Å². The summed E-state index contributed by atoms with van der Waals surface area (Å²) in [6.45, 7) is 0.187. The van der Waals surface area contributed by atoms with E-state index in [0.29, 0.717) is 11.5 Å². The van der Waals surface area contributed by atoms with Crippen LogP contribution < -0.4 is 5.32 Å². The Morgan fingerprint density at radius 3 is 3.12 bits per heavy atom. The van der Waals surface area contributed by atoms with Gasteiger partial charge in [0.2, 0.25) is 11.6 Å². The Morgan fingerprint density at radius 2 is 2.38 bits per heavy atom. The highest BCUT2D eigenvalue weighted by Gasteiger charge is 2.07. The molecule has 0 aromatic carbocycles. The van der Waals surface area contributed by atoms with Gasteiger partial charge in [-0.3, -0.25) is 9.20 Å². The van der Waals surface area contributed by atoms with E-state index in [4.69, 9.17) is 0 Å². The molecule has 0 saturated heterocycles. The highest BCUT2D eigenvalue weighted by atomic mass is 16.2. The molecule has 2 aromatic rings. The molecule has 0 unspecified atom stereocenters. The first-order valence-electron chi connectivity index (χ1n) is 4.77. The summed E-state index contributed by atoms with van der Waals surface area (Å²) in [6.07, 6.45) is 4.95. The Morgan fingerprint density at radius 1 is 1.56 bits per heavy atom. The first-order valence-corrected chi connectivity index (χ1v) is 4.77. The van der Waals surface area contributed by atoms with Crippen LogP contribution in [0, 0.1) is 0 Å². The fourth-order valence-corrected chi connectivity index (χ4v) is 1.20. The second-order valence-corrected chi connectivity index (χ2v) is 3.48. The van der Waals surface area contributed by atoms with Crippen molar-refractivity contribution in [3.8, 4) is 0 Å². The predicted octanol–water partition coefficient (Wildman–Crippen LogP) is -0.376. The molecule has 2 aromatic heterocycles. The number of hydrogen-bond acceptors (Lipinski definition) is 5. The van der Waals surface area contributed by atoms with Crippen molar-refractivity contribution in [3.05, 3.63) is 18.7 Å². The number of carbonyl (C=O) groups is 1. The van der Waals surface area contributed by atoms with Crippen LogP contribution in [0.3, 0.4) is 0 Å². The lowest BCUT2D eigenvalue weighted by atomic mass is 10.5. The first-order chi connectivity index (χ1) is 7.68. The minimum atomic E-state index is -0.0247. The molecule has 2 rings (SSSR count). The van der Waals surface area contributed by atoms with Gasteiger partial charge in [0, 0.05) is 26.5 Å². The molecule has 7 nitrogen and oxygen atoms in total. The number of aromatic nitrogens is 4. The van der Waals surface area contributed by atoms with E-state index in [0.717, 1.165) is 0 Å². The fourth-order valence-electron chi connectivity index (χ4n) is 1.20. The molecule has 16 heavy (non-hydrogen) atoms. The van der Waals surface area contributed by atoms with Crippen LogP contribution in [0.5, 0.6) is 0 Å². The molecule has 84 valence electrons. The molecular formula is C9H12N6O. The van der Waals surface area contributed by atoms with Gasteiger partial charge in [-0.1, -0.05) is 0 Å². The van der Waals surface area contributed by atoms with Crippen molar-refractivity contribution in [2.75, 3.05) is 26.0 Å². The molecule has 0 radical (unpaired) electrons. The van der Waals surface area contributed by atoms with Crippen molar-refractivity contribution in [1.82, 2.24) is 24.5 Å². The zero-order valence-electron chi connectivity index (χ0n) is 9.08. The van der Waals surface area contributed by atoms with Crippen molar-refractivity contribution >= 4 is 17.4 Å².